The van der Waals surface area contributed by atoms with E-state index in [2.05, 4.69) is 36.4 Å². The molecule has 0 heterocycles. The molecule has 1 nitrogen and oxygen atoms in total. The number of benzene rings is 1. The van der Waals surface area contributed by atoms with Crippen molar-refractivity contribution >= 4 is 6.29 Å². The molecule has 2 aliphatic carbocycles. The van der Waals surface area contributed by atoms with Crippen LogP contribution in [0.1, 0.15) is 17.9 Å². The van der Waals surface area contributed by atoms with Crippen LogP contribution >= 0.6 is 0 Å². The summed E-state index contributed by atoms with van der Waals surface area (Å²) in [5.41, 5.74) is 1.33. The molecule has 0 radical (unpaired) electrons. The molecule has 1 heteroatoms. The van der Waals surface area contributed by atoms with Crippen molar-refractivity contribution in [1.82, 2.24) is 0 Å². The van der Waals surface area contributed by atoms with Crippen molar-refractivity contribution in [1.29, 1.82) is 0 Å². The highest BCUT2D eigenvalue weighted by molar-refractivity contribution is 5.59. The predicted molar refractivity (Wildman–Crippen MR) is 59.5 cm³/mol. The van der Waals surface area contributed by atoms with Gasteiger partial charge in [-0.1, -0.05) is 42.5 Å². The standard InChI is InChI=1S/C14H14O/c15-9-13-11-6-7-12(8-11)14(13)10-4-2-1-3-5-10/h1-7,9,11-14H,8H2/t11?,12?,13-,14-/m1/s1. The Morgan fingerprint density at radius 2 is 1.80 bits per heavy atom. The summed E-state index contributed by atoms with van der Waals surface area (Å²) in [6.45, 7) is 0. The number of hydrogen-bond donors (Lipinski definition) is 0. The first kappa shape index (κ1) is 8.90. The summed E-state index contributed by atoms with van der Waals surface area (Å²) in [7, 11) is 0. The van der Waals surface area contributed by atoms with Crippen molar-refractivity contribution in [3.63, 3.8) is 0 Å². The summed E-state index contributed by atoms with van der Waals surface area (Å²) in [6.07, 6.45) is 6.85. The number of aldehydes is 1. The molecular weight excluding hydrogens is 184 g/mol. The molecule has 0 aliphatic heterocycles. The van der Waals surface area contributed by atoms with Crippen molar-refractivity contribution in [2.24, 2.45) is 17.8 Å². The first-order valence-corrected chi connectivity index (χ1v) is 5.58. The number of rotatable bonds is 2. The van der Waals surface area contributed by atoms with Crippen LogP contribution in [0.15, 0.2) is 42.5 Å². The summed E-state index contributed by atoms with van der Waals surface area (Å²) in [5, 5.41) is 0. The lowest BCUT2D eigenvalue weighted by atomic mass is 9.79. The van der Waals surface area contributed by atoms with Gasteiger partial charge in [0.05, 0.1) is 0 Å². The molecular formula is C14H14O. The maximum atomic E-state index is 11.1. The Morgan fingerprint density at radius 1 is 1.07 bits per heavy atom. The number of carbonyl (C=O) groups is 1. The second kappa shape index (κ2) is 3.34. The molecule has 1 aromatic carbocycles. The van der Waals surface area contributed by atoms with E-state index >= 15 is 0 Å². The van der Waals surface area contributed by atoms with Crippen molar-refractivity contribution < 1.29 is 4.79 Å². The summed E-state index contributed by atoms with van der Waals surface area (Å²) >= 11 is 0. The van der Waals surface area contributed by atoms with Crippen molar-refractivity contribution in [3.05, 3.63) is 48.0 Å². The molecule has 0 N–H and O–H groups in total. The summed E-state index contributed by atoms with van der Waals surface area (Å²) in [6, 6.07) is 10.5. The predicted octanol–water partition coefficient (Wildman–Crippen LogP) is 2.79. The molecule has 0 aromatic heterocycles. The molecule has 15 heavy (non-hydrogen) atoms. The van der Waals surface area contributed by atoms with E-state index in [9.17, 15) is 4.79 Å². The molecule has 2 unspecified atom stereocenters. The number of hydrogen-bond acceptors (Lipinski definition) is 1. The zero-order valence-corrected chi connectivity index (χ0v) is 8.54. The van der Waals surface area contributed by atoms with Crippen molar-refractivity contribution in [2.75, 3.05) is 0 Å². The van der Waals surface area contributed by atoms with Crippen LogP contribution in [0.2, 0.25) is 0 Å². The van der Waals surface area contributed by atoms with Gasteiger partial charge in [0, 0.05) is 11.8 Å². The highest BCUT2D eigenvalue weighted by Gasteiger charge is 2.44. The van der Waals surface area contributed by atoms with Crippen LogP contribution in [0.25, 0.3) is 0 Å². The van der Waals surface area contributed by atoms with Gasteiger partial charge in [-0.25, -0.2) is 0 Å². The molecule has 1 aromatic rings. The highest BCUT2D eigenvalue weighted by atomic mass is 16.1. The summed E-state index contributed by atoms with van der Waals surface area (Å²) in [5.74, 6) is 1.73. The lowest BCUT2D eigenvalue weighted by Crippen LogP contribution is -2.18. The lowest BCUT2D eigenvalue weighted by Gasteiger charge is -2.24. The Balaban J connectivity index is 1.99. The minimum Gasteiger partial charge on any atom is -0.303 e. The Kier molecular flexibility index (Phi) is 1.98. The third kappa shape index (κ3) is 1.26. The molecule has 0 saturated heterocycles. The number of allylic oxidation sites excluding steroid dienone is 2. The monoisotopic (exact) mass is 198 g/mol. The van der Waals surface area contributed by atoms with Gasteiger partial charge >= 0.3 is 0 Å². The topological polar surface area (TPSA) is 17.1 Å². The van der Waals surface area contributed by atoms with Gasteiger partial charge in [0.25, 0.3) is 0 Å². The van der Waals surface area contributed by atoms with Gasteiger partial charge in [-0.05, 0) is 23.8 Å². The first-order chi connectivity index (χ1) is 7.40. The van der Waals surface area contributed by atoms with E-state index in [1.54, 1.807) is 0 Å². The van der Waals surface area contributed by atoms with E-state index in [4.69, 9.17) is 0 Å². The van der Waals surface area contributed by atoms with Crippen LogP contribution in [0, 0.1) is 17.8 Å². The van der Waals surface area contributed by atoms with Gasteiger partial charge in [-0.2, -0.15) is 0 Å². The Morgan fingerprint density at radius 3 is 2.53 bits per heavy atom. The van der Waals surface area contributed by atoms with E-state index in [1.807, 2.05) is 6.07 Å². The Hall–Kier alpha value is -1.37. The zero-order chi connectivity index (χ0) is 10.3. The van der Waals surface area contributed by atoms with Crippen LogP contribution in [-0.2, 0) is 4.79 Å². The van der Waals surface area contributed by atoms with Crippen LogP contribution in [0.4, 0.5) is 0 Å². The molecule has 1 fully saturated rings. The lowest BCUT2D eigenvalue weighted by molar-refractivity contribution is -0.112. The van der Waals surface area contributed by atoms with Crippen LogP contribution in [0.3, 0.4) is 0 Å². The van der Waals surface area contributed by atoms with E-state index < -0.39 is 0 Å². The maximum absolute atomic E-state index is 11.1. The van der Waals surface area contributed by atoms with Gasteiger partial charge in [-0.3, -0.25) is 0 Å². The minimum atomic E-state index is 0.211. The maximum Gasteiger partial charge on any atom is 0.124 e. The largest absolute Gasteiger partial charge is 0.303 e. The molecule has 2 bridgehead atoms. The molecule has 76 valence electrons. The molecule has 4 atom stereocenters. The van der Waals surface area contributed by atoms with Crippen LogP contribution in [-0.4, -0.2) is 6.29 Å². The smallest absolute Gasteiger partial charge is 0.124 e. The van der Waals surface area contributed by atoms with E-state index in [0.717, 1.165) is 6.29 Å². The summed E-state index contributed by atoms with van der Waals surface area (Å²) < 4.78 is 0. The SMILES string of the molecule is O=C[C@@H]1C2C=CC(C2)[C@H]1c1ccccc1. The van der Waals surface area contributed by atoms with Crippen molar-refractivity contribution in [2.45, 2.75) is 12.3 Å². The van der Waals surface area contributed by atoms with Gasteiger partial charge in [0.15, 0.2) is 0 Å². The Labute approximate surface area is 89.8 Å². The fraction of sp³-hybridized carbons (Fsp3) is 0.357. The fourth-order valence-corrected chi connectivity index (χ4v) is 3.19. The minimum absolute atomic E-state index is 0.211. The van der Waals surface area contributed by atoms with Crippen LogP contribution < -0.4 is 0 Å². The number of carbonyl (C=O) groups excluding carboxylic acids is 1. The van der Waals surface area contributed by atoms with Gasteiger partial charge in [0.2, 0.25) is 0 Å². The zero-order valence-electron chi connectivity index (χ0n) is 8.54. The average Bonchev–Trinajstić information content (AvgIpc) is 2.89. The molecule has 2 aliphatic rings. The first-order valence-electron chi connectivity index (χ1n) is 5.58. The third-order valence-corrected chi connectivity index (χ3v) is 3.86. The van der Waals surface area contributed by atoms with E-state index in [1.165, 1.54) is 12.0 Å². The molecule has 0 spiro atoms. The molecule has 3 rings (SSSR count). The van der Waals surface area contributed by atoms with E-state index in [-0.39, 0.29) is 5.92 Å². The third-order valence-electron chi connectivity index (χ3n) is 3.86. The normalized spacial score (nSPS) is 37.1. The van der Waals surface area contributed by atoms with E-state index in [0.29, 0.717) is 17.8 Å². The highest BCUT2D eigenvalue weighted by Crippen LogP contribution is 2.51. The van der Waals surface area contributed by atoms with Crippen molar-refractivity contribution in [3.8, 4) is 0 Å². The second-order valence-corrected chi connectivity index (χ2v) is 4.60. The van der Waals surface area contributed by atoms with Crippen LogP contribution in [0.5, 0.6) is 0 Å². The Bertz CT molecular complexity index is 393. The van der Waals surface area contributed by atoms with Gasteiger partial charge < -0.3 is 4.79 Å². The quantitative estimate of drug-likeness (QED) is 0.527. The second-order valence-electron chi connectivity index (χ2n) is 4.60. The fourth-order valence-electron chi connectivity index (χ4n) is 3.19. The molecule has 0 amide bonds. The molecule has 1 saturated carbocycles. The van der Waals surface area contributed by atoms with Gasteiger partial charge in [0.1, 0.15) is 6.29 Å². The summed E-state index contributed by atoms with van der Waals surface area (Å²) in [4.78, 5) is 11.1. The number of fused-ring (bicyclic) bond motifs is 2. The average molecular weight is 198 g/mol. The van der Waals surface area contributed by atoms with Gasteiger partial charge in [-0.15, -0.1) is 0 Å².